The van der Waals surface area contributed by atoms with Crippen LogP contribution in [0.3, 0.4) is 0 Å². The Morgan fingerprint density at radius 3 is 2.70 bits per heavy atom. The standard InChI is InChI=1S/C13H20N4O3/c1-20-13(19)10-2-4-11(5-3-10)15-12(18)6-8-17-9-7-14-16-17/h7,9-11H,2-6,8H2,1H3,(H,15,18). The molecule has 1 amide bonds. The molecule has 1 aliphatic carbocycles. The maximum absolute atomic E-state index is 11.8. The number of nitrogens with one attached hydrogen (secondary N) is 1. The lowest BCUT2D eigenvalue weighted by Crippen LogP contribution is -2.39. The van der Waals surface area contributed by atoms with Crippen LogP contribution in [0.5, 0.6) is 0 Å². The van der Waals surface area contributed by atoms with Crippen molar-refractivity contribution in [3.8, 4) is 0 Å². The monoisotopic (exact) mass is 280 g/mol. The minimum absolute atomic E-state index is 0.0108. The predicted octanol–water partition coefficient (Wildman–Crippen LogP) is 0.516. The first-order valence-electron chi connectivity index (χ1n) is 6.90. The fourth-order valence-electron chi connectivity index (χ4n) is 2.51. The van der Waals surface area contributed by atoms with Crippen LogP contribution >= 0.6 is 0 Å². The highest BCUT2D eigenvalue weighted by molar-refractivity contribution is 5.76. The summed E-state index contributed by atoms with van der Waals surface area (Å²) in [6.07, 6.45) is 6.92. The first-order chi connectivity index (χ1) is 9.69. The highest BCUT2D eigenvalue weighted by Gasteiger charge is 2.27. The van der Waals surface area contributed by atoms with Crippen molar-refractivity contribution in [3.63, 3.8) is 0 Å². The summed E-state index contributed by atoms with van der Waals surface area (Å²) in [5, 5.41) is 10.5. The van der Waals surface area contributed by atoms with E-state index in [0.717, 1.165) is 25.7 Å². The number of carbonyl (C=O) groups is 2. The molecule has 2 rings (SSSR count). The van der Waals surface area contributed by atoms with Gasteiger partial charge in [0.2, 0.25) is 5.91 Å². The van der Waals surface area contributed by atoms with E-state index in [-0.39, 0.29) is 23.8 Å². The molecular formula is C13H20N4O3. The smallest absolute Gasteiger partial charge is 0.308 e. The minimum atomic E-state index is -0.138. The SMILES string of the molecule is COC(=O)C1CCC(NC(=O)CCn2ccnn2)CC1. The molecule has 0 bridgehead atoms. The first kappa shape index (κ1) is 14.5. The normalized spacial score (nSPS) is 22.2. The van der Waals surface area contributed by atoms with E-state index in [1.54, 1.807) is 17.1 Å². The van der Waals surface area contributed by atoms with Gasteiger partial charge in [-0.3, -0.25) is 14.3 Å². The van der Waals surface area contributed by atoms with Gasteiger partial charge in [-0.05, 0) is 25.7 Å². The fraction of sp³-hybridized carbons (Fsp3) is 0.692. The van der Waals surface area contributed by atoms with Crippen LogP contribution in [0, 0.1) is 5.92 Å². The number of nitrogens with zero attached hydrogens (tertiary/aromatic N) is 3. The third-order valence-corrected chi connectivity index (χ3v) is 3.67. The van der Waals surface area contributed by atoms with Crippen LogP contribution in [0.2, 0.25) is 0 Å². The van der Waals surface area contributed by atoms with Gasteiger partial charge < -0.3 is 10.1 Å². The summed E-state index contributed by atoms with van der Waals surface area (Å²) < 4.78 is 6.38. The van der Waals surface area contributed by atoms with Crippen molar-refractivity contribution in [1.29, 1.82) is 0 Å². The first-order valence-corrected chi connectivity index (χ1v) is 6.90. The summed E-state index contributed by atoms with van der Waals surface area (Å²) in [4.78, 5) is 23.2. The van der Waals surface area contributed by atoms with Crippen LogP contribution in [0.4, 0.5) is 0 Å². The highest BCUT2D eigenvalue weighted by atomic mass is 16.5. The van der Waals surface area contributed by atoms with E-state index in [1.165, 1.54) is 7.11 Å². The molecule has 110 valence electrons. The number of ether oxygens (including phenoxy) is 1. The van der Waals surface area contributed by atoms with Crippen LogP contribution < -0.4 is 5.32 Å². The molecule has 20 heavy (non-hydrogen) atoms. The van der Waals surface area contributed by atoms with Crippen molar-refractivity contribution >= 4 is 11.9 Å². The molecule has 7 heteroatoms. The summed E-state index contributed by atoms with van der Waals surface area (Å²) in [6, 6.07) is 0.166. The van der Waals surface area contributed by atoms with Crippen molar-refractivity contribution in [1.82, 2.24) is 20.3 Å². The zero-order valence-corrected chi connectivity index (χ0v) is 11.6. The lowest BCUT2D eigenvalue weighted by Gasteiger charge is -2.27. The van der Waals surface area contributed by atoms with Crippen molar-refractivity contribution in [2.24, 2.45) is 5.92 Å². The van der Waals surface area contributed by atoms with Crippen LogP contribution in [0.1, 0.15) is 32.1 Å². The van der Waals surface area contributed by atoms with E-state index < -0.39 is 0 Å². The summed E-state index contributed by atoms with van der Waals surface area (Å²) in [5.41, 5.74) is 0. The van der Waals surface area contributed by atoms with Crippen molar-refractivity contribution in [2.75, 3.05) is 7.11 Å². The third-order valence-electron chi connectivity index (χ3n) is 3.67. The molecule has 1 heterocycles. The number of hydrogen-bond donors (Lipinski definition) is 1. The van der Waals surface area contributed by atoms with Gasteiger partial charge in [0.25, 0.3) is 0 Å². The number of methoxy groups -OCH3 is 1. The molecule has 0 atom stereocenters. The lowest BCUT2D eigenvalue weighted by molar-refractivity contribution is -0.146. The number of esters is 1. The Hall–Kier alpha value is -1.92. The number of hydrogen-bond acceptors (Lipinski definition) is 5. The summed E-state index contributed by atoms with van der Waals surface area (Å²) in [5.74, 6) is -0.133. The molecule has 0 radical (unpaired) electrons. The topological polar surface area (TPSA) is 86.1 Å². The second-order valence-electron chi connectivity index (χ2n) is 5.06. The Morgan fingerprint density at radius 1 is 1.35 bits per heavy atom. The molecule has 7 nitrogen and oxygen atoms in total. The molecule has 0 spiro atoms. The number of amides is 1. The van der Waals surface area contributed by atoms with Gasteiger partial charge in [-0.25, -0.2) is 0 Å². The zero-order chi connectivity index (χ0) is 14.4. The zero-order valence-electron chi connectivity index (χ0n) is 11.6. The molecule has 0 aliphatic heterocycles. The maximum atomic E-state index is 11.8. The summed E-state index contributed by atoms with van der Waals surface area (Å²) in [6.45, 7) is 0.531. The predicted molar refractivity (Wildman–Crippen MR) is 70.5 cm³/mol. The van der Waals surface area contributed by atoms with Crippen molar-refractivity contribution in [3.05, 3.63) is 12.4 Å². The van der Waals surface area contributed by atoms with E-state index in [0.29, 0.717) is 13.0 Å². The van der Waals surface area contributed by atoms with Gasteiger partial charge in [0.15, 0.2) is 0 Å². The third kappa shape index (κ3) is 4.04. The molecular weight excluding hydrogens is 260 g/mol. The Kier molecular flexibility index (Phi) is 5.09. The Morgan fingerprint density at radius 2 is 2.10 bits per heavy atom. The van der Waals surface area contributed by atoms with Gasteiger partial charge in [-0.15, -0.1) is 5.10 Å². The van der Waals surface area contributed by atoms with E-state index in [1.807, 2.05) is 0 Å². The van der Waals surface area contributed by atoms with Crippen LogP contribution in [0.25, 0.3) is 0 Å². The second kappa shape index (κ2) is 7.02. The molecule has 1 aromatic rings. The largest absolute Gasteiger partial charge is 0.469 e. The number of rotatable bonds is 5. The molecule has 1 aromatic heterocycles. The molecule has 1 fully saturated rings. The maximum Gasteiger partial charge on any atom is 0.308 e. The molecule has 1 N–H and O–H groups in total. The Balaban J connectivity index is 1.67. The van der Waals surface area contributed by atoms with Crippen LogP contribution in [-0.2, 0) is 20.9 Å². The van der Waals surface area contributed by atoms with Gasteiger partial charge in [-0.1, -0.05) is 5.21 Å². The molecule has 1 saturated carbocycles. The summed E-state index contributed by atoms with van der Waals surface area (Å²) >= 11 is 0. The molecule has 0 aromatic carbocycles. The van der Waals surface area contributed by atoms with Gasteiger partial charge in [-0.2, -0.15) is 0 Å². The van der Waals surface area contributed by atoms with E-state index in [9.17, 15) is 9.59 Å². The summed E-state index contributed by atoms with van der Waals surface area (Å²) in [7, 11) is 1.42. The van der Waals surface area contributed by atoms with Crippen molar-refractivity contribution in [2.45, 2.75) is 44.7 Å². The highest BCUT2D eigenvalue weighted by Crippen LogP contribution is 2.25. The van der Waals surface area contributed by atoms with Crippen LogP contribution in [-0.4, -0.2) is 40.0 Å². The number of aryl methyl sites for hydroxylation is 1. The van der Waals surface area contributed by atoms with Crippen LogP contribution in [0.15, 0.2) is 12.4 Å². The van der Waals surface area contributed by atoms with Gasteiger partial charge in [0.1, 0.15) is 0 Å². The van der Waals surface area contributed by atoms with E-state index in [2.05, 4.69) is 15.6 Å². The second-order valence-corrected chi connectivity index (χ2v) is 5.06. The quantitative estimate of drug-likeness (QED) is 0.794. The average Bonchev–Trinajstić information content (AvgIpc) is 2.98. The van der Waals surface area contributed by atoms with E-state index >= 15 is 0 Å². The number of aromatic nitrogens is 3. The average molecular weight is 280 g/mol. The molecule has 0 unspecified atom stereocenters. The lowest BCUT2D eigenvalue weighted by atomic mass is 9.86. The van der Waals surface area contributed by atoms with Gasteiger partial charge in [0.05, 0.1) is 25.8 Å². The Labute approximate surface area is 117 Å². The Bertz CT molecular complexity index is 438. The molecule has 0 saturated heterocycles. The molecule has 1 aliphatic rings. The number of carbonyl (C=O) groups excluding carboxylic acids is 2. The minimum Gasteiger partial charge on any atom is -0.469 e. The van der Waals surface area contributed by atoms with E-state index in [4.69, 9.17) is 4.74 Å². The van der Waals surface area contributed by atoms with Gasteiger partial charge >= 0.3 is 5.97 Å². The van der Waals surface area contributed by atoms with Crippen molar-refractivity contribution < 1.29 is 14.3 Å². The fourth-order valence-corrected chi connectivity index (χ4v) is 2.51. The van der Waals surface area contributed by atoms with Gasteiger partial charge in [0, 0.05) is 18.7 Å².